The van der Waals surface area contributed by atoms with Crippen LogP contribution in [0, 0.1) is 0 Å². The number of hydrogen-bond acceptors (Lipinski definition) is 4. The van der Waals surface area contributed by atoms with Crippen molar-refractivity contribution >= 4 is 24.2 Å². The van der Waals surface area contributed by atoms with E-state index in [1.807, 2.05) is 24.2 Å². The molecule has 1 aliphatic heterocycles. The van der Waals surface area contributed by atoms with Crippen molar-refractivity contribution in [3.63, 3.8) is 0 Å². The summed E-state index contributed by atoms with van der Waals surface area (Å²) in [5, 5.41) is 0. The molecule has 2 heterocycles. The lowest BCUT2D eigenvalue weighted by Crippen LogP contribution is -2.11. The van der Waals surface area contributed by atoms with Gasteiger partial charge in [0, 0.05) is 24.6 Å². The third-order valence-corrected chi connectivity index (χ3v) is 3.94. The lowest BCUT2D eigenvalue weighted by molar-refractivity contribution is 0.652. The minimum absolute atomic E-state index is 0. The van der Waals surface area contributed by atoms with Gasteiger partial charge >= 0.3 is 0 Å². The summed E-state index contributed by atoms with van der Waals surface area (Å²) in [6.45, 7) is 0.624. The Morgan fingerprint density at radius 2 is 2.12 bits per heavy atom. The van der Waals surface area contributed by atoms with Crippen molar-refractivity contribution in [3.8, 4) is 0 Å². The fourth-order valence-electron chi connectivity index (χ4n) is 1.84. The molecule has 1 atom stereocenters. The lowest BCUT2D eigenvalue weighted by atomic mass is 9.99. The molecule has 1 aliphatic rings. The molecule has 0 radical (unpaired) electrons. The molecule has 3 nitrogen and oxygen atoms in total. The summed E-state index contributed by atoms with van der Waals surface area (Å²) >= 11 is 2.04. The summed E-state index contributed by atoms with van der Waals surface area (Å²) in [6, 6.07) is 0. The van der Waals surface area contributed by atoms with Crippen LogP contribution in [-0.2, 0) is 6.42 Å². The van der Waals surface area contributed by atoms with Gasteiger partial charge in [-0.2, -0.15) is 11.8 Å². The normalized spacial score (nSPS) is 20.2. The molecule has 0 bridgehead atoms. The maximum absolute atomic E-state index is 5.46. The summed E-state index contributed by atoms with van der Waals surface area (Å²) in [4.78, 5) is 8.69. The first-order valence-corrected chi connectivity index (χ1v) is 6.64. The Labute approximate surface area is 107 Å². The largest absolute Gasteiger partial charge is 0.330 e. The van der Waals surface area contributed by atoms with Crippen LogP contribution in [0.4, 0.5) is 0 Å². The lowest BCUT2D eigenvalue weighted by Gasteiger charge is -2.20. The summed E-state index contributed by atoms with van der Waals surface area (Å²) in [5.41, 5.74) is 6.75. The van der Waals surface area contributed by atoms with Gasteiger partial charge in [-0.3, -0.25) is 0 Å². The monoisotopic (exact) mass is 259 g/mol. The standard InChI is InChI=1S/C11H17N3S.ClH/c12-4-3-11-13-6-10(7-14-11)9-2-1-5-15-8-9;/h6-7,9H,1-5,8,12H2;1H. The zero-order chi connectivity index (χ0) is 10.5. The summed E-state index contributed by atoms with van der Waals surface area (Å²) in [7, 11) is 0. The van der Waals surface area contributed by atoms with Crippen molar-refractivity contribution < 1.29 is 0 Å². The molecule has 1 aromatic rings. The van der Waals surface area contributed by atoms with Crippen LogP contribution in [0.2, 0.25) is 0 Å². The maximum atomic E-state index is 5.46. The zero-order valence-electron chi connectivity index (χ0n) is 9.26. The predicted octanol–water partition coefficient (Wildman–Crippen LogP) is 2.01. The van der Waals surface area contributed by atoms with E-state index in [4.69, 9.17) is 5.73 Å². The molecule has 0 aromatic carbocycles. The van der Waals surface area contributed by atoms with Crippen LogP contribution in [0.5, 0.6) is 0 Å². The summed E-state index contributed by atoms with van der Waals surface area (Å²) in [6.07, 6.45) is 7.34. The molecular formula is C11H18ClN3S. The number of hydrogen-bond donors (Lipinski definition) is 1. The van der Waals surface area contributed by atoms with Crippen molar-refractivity contribution in [2.45, 2.75) is 25.2 Å². The number of aromatic nitrogens is 2. The molecule has 1 aromatic heterocycles. The van der Waals surface area contributed by atoms with Gasteiger partial charge in [-0.05, 0) is 36.6 Å². The average molecular weight is 260 g/mol. The van der Waals surface area contributed by atoms with Crippen molar-refractivity contribution in [1.29, 1.82) is 0 Å². The molecule has 2 N–H and O–H groups in total. The number of thioether (sulfide) groups is 1. The van der Waals surface area contributed by atoms with Crippen LogP contribution in [0.25, 0.3) is 0 Å². The molecule has 1 saturated heterocycles. The van der Waals surface area contributed by atoms with Gasteiger partial charge in [0.05, 0.1) is 0 Å². The van der Waals surface area contributed by atoms with Gasteiger partial charge < -0.3 is 5.73 Å². The van der Waals surface area contributed by atoms with Gasteiger partial charge in [0.2, 0.25) is 0 Å². The van der Waals surface area contributed by atoms with E-state index >= 15 is 0 Å². The van der Waals surface area contributed by atoms with Gasteiger partial charge in [-0.15, -0.1) is 12.4 Å². The molecule has 16 heavy (non-hydrogen) atoms. The van der Waals surface area contributed by atoms with E-state index in [0.29, 0.717) is 12.5 Å². The highest BCUT2D eigenvalue weighted by Crippen LogP contribution is 2.30. The Morgan fingerprint density at radius 1 is 1.38 bits per heavy atom. The molecule has 5 heteroatoms. The Hall–Kier alpha value is -0.320. The molecule has 2 rings (SSSR count). The van der Waals surface area contributed by atoms with Crippen molar-refractivity contribution in [1.82, 2.24) is 9.97 Å². The van der Waals surface area contributed by atoms with Crippen molar-refractivity contribution in [2.24, 2.45) is 5.73 Å². The number of nitrogens with zero attached hydrogens (tertiary/aromatic N) is 2. The summed E-state index contributed by atoms with van der Waals surface area (Å²) < 4.78 is 0. The Kier molecular flexibility index (Phi) is 6.09. The average Bonchev–Trinajstić information content (AvgIpc) is 2.32. The van der Waals surface area contributed by atoms with E-state index in [0.717, 1.165) is 12.2 Å². The summed E-state index contributed by atoms with van der Waals surface area (Å²) in [5.74, 6) is 4.06. The molecule has 0 spiro atoms. The van der Waals surface area contributed by atoms with Crippen molar-refractivity contribution in [2.75, 3.05) is 18.1 Å². The highest BCUT2D eigenvalue weighted by atomic mass is 35.5. The second-order valence-electron chi connectivity index (χ2n) is 3.89. The number of rotatable bonds is 3. The van der Waals surface area contributed by atoms with Crippen LogP contribution in [0.3, 0.4) is 0 Å². The van der Waals surface area contributed by atoms with Crippen LogP contribution in [-0.4, -0.2) is 28.0 Å². The van der Waals surface area contributed by atoms with E-state index in [1.54, 1.807) is 0 Å². The van der Waals surface area contributed by atoms with E-state index in [2.05, 4.69) is 9.97 Å². The molecule has 90 valence electrons. The van der Waals surface area contributed by atoms with E-state index < -0.39 is 0 Å². The minimum atomic E-state index is 0. The fourth-order valence-corrected chi connectivity index (χ4v) is 3.02. The smallest absolute Gasteiger partial charge is 0.129 e. The van der Waals surface area contributed by atoms with E-state index in [1.165, 1.54) is 29.9 Å². The third-order valence-electron chi connectivity index (χ3n) is 2.72. The van der Waals surface area contributed by atoms with Gasteiger partial charge in [-0.1, -0.05) is 0 Å². The number of halogens is 1. The molecular weight excluding hydrogens is 242 g/mol. The predicted molar refractivity (Wildman–Crippen MR) is 71.3 cm³/mol. The zero-order valence-corrected chi connectivity index (χ0v) is 10.9. The molecule has 0 saturated carbocycles. The van der Waals surface area contributed by atoms with Crippen molar-refractivity contribution in [3.05, 3.63) is 23.8 Å². The first-order valence-electron chi connectivity index (χ1n) is 5.49. The first kappa shape index (κ1) is 13.7. The highest BCUT2D eigenvalue weighted by Gasteiger charge is 2.16. The quantitative estimate of drug-likeness (QED) is 0.902. The molecule has 0 amide bonds. The van der Waals surface area contributed by atoms with Crippen LogP contribution in [0.15, 0.2) is 12.4 Å². The van der Waals surface area contributed by atoms with Crippen LogP contribution < -0.4 is 5.73 Å². The van der Waals surface area contributed by atoms with Crippen LogP contribution in [0.1, 0.15) is 30.1 Å². The highest BCUT2D eigenvalue weighted by molar-refractivity contribution is 7.99. The SMILES string of the molecule is Cl.NCCc1ncc(C2CCCSC2)cn1. The Morgan fingerprint density at radius 3 is 2.69 bits per heavy atom. The van der Waals surface area contributed by atoms with Gasteiger partial charge in [-0.25, -0.2) is 9.97 Å². The molecule has 1 unspecified atom stereocenters. The van der Waals surface area contributed by atoms with E-state index in [-0.39, 0.29) is 12.4 Å². The third kappa shape index (κ3) is 3.61. The minimum Gasteiger partial charge on any atom is -0.330 e. The first-order chi connectivity index (χ1) is 7.40. The Bertz CT molecular complexity index is 299. The molecule has 0 aliphatic carbocycles. The molecule has 1 fully saturated rings. The van der Waals surface area contributed by atoms with Gasteiger partial charge in [0.15, 0.2) is 0 Å². The van der Waals surface area contributed by atoms with Gasteiger partial charge in [0.1, 0.15) is 5.82 Å². The Balaban J connectivity index is 0.00000128. The second-order valence-corrected chi connectivity index (χ2v) is 5.04. The van der Waals surface area contributed by atoms with Gasteiger partial charge in [0.25, 0.3) is 0 Å². The second kappa shape index (κ2) is 7.09. The topological polar surface area (TPSA) is 51.8 Å². The maximum Gasteiger partial charge on any atom is 0.129 e. The van der Waals surface area contributed by atoms with Crippen LogP contribution >= 0.6 is 24.2 Å². The van der Waals surface area contributed by atoms with E-state index in [9.17, 15) is 0 Å². The number of nitrogens with two attached hydrogens (primary N) is 1. The fraction of sp³-hybridized carbons (Fsp3) is 0.636.